The van der Waals surface area contributed by atoms with E-state index < -0.39 is 16.1 Å². The van der Waals surface area contributed by atoms with Crippen molar-refractivity contribution >= 4 is 38.2 Å². The highest BCUT2D eigenvalue weighted by molar-refractivity contribution is 7.89. The summed E-state index contributed by atoms with van der Waals surface area (Å²) in [4.78, 5) is 18.4. The maximum Gasteiger partial charge on any atom is 0.247 e. The molecule has 0 aliphatic carbocycles. The van der Waals surface area contributed by atoms with Crippen LogP contribution >= 0.6 is 0 Å². The normalized spacial score (nSPS) is 12.2. The van der Waals surface area contributed by atoms with E-state index in [2.05, 4.69) is 15.6 Å². The first-order valence-corrected chi connectivity index (χ1v) is 17.2. The van der Waals surface area contributed by atoms with E-state index in [0.717, 1.165) is 16.3 Å². The molecule has 5 rings (SSSR count). The lowest BCUT2D eigenvalue weighted by atomic mass is 10.0. The number of anilines is 2. The molecular formula is C37H41N5O5S. The zero-order valence-electron chi connectivity index (χ0n) is 27.5. The number of nitrogens with one attached hydrogen (secondary N) is 2. The zero-order valence-corrected chi connectivity index (χ0v) is 28.3. The summed E-state index contributed by atoms with van der Waals surface area (Å²) >= 11 is 0. The number of sulfonamides is 1. The predicted molar refractivity (Wildman–Crippen MR) is 189 cm³/mol. The minimum Gasteiger partial charge on any atom is -0.490 e. The molecule has 1 atom stereocenters. The second kappa shape index (κ2) is 15.2. The van der Waals surface area contributed by atoms with Crippen LogP contribution in [0.15, 0.2) is 108 Å². The Hall–Kier alpha value is -5.13. The summed E-state index contributed by atoms with van der Waals surface area (Å²) < 4.78 is 40.6. The van der Waals surface area contributed by atoms with Gasteiger partial charge < -0.3 is 25.8 Å². The maximum absolute atomic E-state index is 14.1. The number of amides is 1. The number of benzene rings is 4. The van der Waals surface area contributed by atoms with Crippen molar-refractivity contribution in [3.8, 4) is 11.5 Å². The van der Waals surface area contributed by atoms with E-state index in [1.165, 1.54) is 4.31 Å². The molecule has 10 nitrogen and oxygen atoms in total. The molecule has 4 aromatic carbocycles. The van der Waals surface area contributed by atoms with Gasteiger partial charge >= 0.3 is 0 Å². The third-order valence-electron chi connectivity index (χ3n) is 7.69. The van der Waals surface area contributed by atoms with Gasteiger partial charge in [0.05, 0.1) is 17.6 Å². The van der Waals surface area contributed by atoms with E-state index in [9.17, 15) is 13.2 Å². The summed E-state index contributed by atoms with van der Waals surface area (Å²) in [5.41, 5.74) is 8.71. The third kappa shape index (κ3) is 8.04. The number of ether oxygens (including phenoxy) is 2. The van der Waals surface area contributed by atoms with E-state index in [4.69, 9.17) is 15.2 Å². The van der Waals surface area contributed by atoms with E-state index >= 15 is 0 Å². The van der Waals surface area contributed by atoms with Crippen molar-refractivity contribution in [1.29, 1.82) is 0 Å². The molecule has 4 N–H and O–H groups in total. The van der Waals surface area contributed by atoms with Crippen molar-refractivity contribution in [1.82, 2.24) is 14.6 Å². The first-order valence-electron chi connectivity index (χ1n) is 15.8. The van der Waals surface area contributed by atoms with Crippen LogP contribution in [-0.4, -0.2) is 43.4 Å². The smallest absolute Gasteiger partial charge is 0.247 e. The van der Waals surface area contributed by atoms with Gasteiger partial charge in [0.1, 0.15) is 11.9 Å². The highest BCUT2D eigenvalue weighted by atomic mass is 32.2. The van der Waals surface area contributed by atoms with Gasteiger partial charge in [-0.15, -0.1) is 0 Å². The molecular weight excluding hydrogens is 627 g/mol. The number of rotatable bonds is 14. The van der Waals surface area contributed by atoms with Gasteiger partial charge in [0, 0.05) is 37.4 Å². The third-order valence-corrected chi connectivity index (χ3v) is 9.60. The highest BCUT2D eigenvalue weighted by Crippen LogP contribution is 2.34. The maximum atomic E-state index is 14.1. The number of pyridine rings is 1. The van der Waals surface area contributed by atoms with Gasteiger partial charge in [-0.2, -0.15) is 4.31 Å². The molecule has 5 aromatic rings. The Morgan fingerprint density at radius 1 is 0.938 bits per heavy atom. The van der Waals surface area contributed by atoms with Gasteiger partial charge in [0.15, 0.2) is 11.5 Å². The molecule has 48 heavy (non-hydrogen) atoms. The Kier molecular flexibility index (Phi) is 10.8. The minimum absolute atomic E-state index is 0.0155. The molecule has 0 fully saturated rings. The van der Waals surface area contributed by atoms with Crippen LogP contribution < -0.4 is 25.8 Å². The summed E-state index contributed by atoms with van der Waals surface area (Å²) in [6, 6.07) is 28.1. The van der Waals surface area contributed by atoms with Crippen LogP contribution in [0.3, 0.4) is 0 Å². The Labute approximate surface area is 282 Å². The molecule has 0 bridgehead atoms. The Morgan fingerprint density at radius 3 is 2.44 bits per heavy atom. The Morgan fingerprint density at radius 2 is 1.69 bits per heavy atom. The Balaban J connectivity index is 1.44. The molecule has 0 radical (unpaired) electrons. The molecule has 1 amide bonds. The van der Waals surface area contributed by atoms with Gasteiger partial charge in [-0.05, 0) is 85.3 Å². The number of carbonyl (C=O) groups is 1. The van der Waals surface area contributed by atoms with E-state index in [1.807, 2.05) is 81.4 Å². The SMILES string of the molecule is CCOc1cc(C(Nc2ccc3c(N)nccc3c2)C(=O)NCc2ccccc2S(=O)(=O)N(C)Cc2ccccc2)ccc1OC(C)C. The average molecular weight is 668 g/mol. The molecule has 250 valence electrons. The van der Waals surface area contributed by atoms with Gasteiger partial charge in [0.25, 0.3) is 0 Å². The fourth-order valence-corrected chi connectivity index (χ4v) is 6.74. The van der Waals surface area contributed by atoms with Crippen LogP contribution in [0.25, 0.3) is 10.8 Å². The van der Waals surface area contributed by atoms with Crippen LogP contribution in [0.4, 0.5) is 11.5 Å². The van der Waals surface area contributed by atoms with Crippen LogP contribution in [-0.2, 0) is 27.9 Å². The van der Waals surface area contributed by atoms with Crippen molar-refractivity contribution in [3.05, 3.63) is 120 Å². The lowest BCUT2D eigenvalue weighted by Gasteiger charge is -2.23. The number of hydrogen-bond acceptors (Lipinski definition) is 8. The second-order valence-corrected chi connectivity index (χ2v) is 13.6. The zero-order chi connectivity index (χ0) is 34.3. The molecule has 0 aliphatic heterocycles. The number of carbonyl (C=O) groups excluding carboxylic acids is 1. The summed E-state index contributed by atoms with van der Waals surface area (Å²) in [5.74, 6) is 1.13. The summed E-state index contributed by atoms with van der Waals surface area (Å²) in [6.45, 7) is 6.35. The number of aromatic nitrogens is 1. The van der Waals surface area contributed by atoms with Crippen molar-refractivity contribution in [2.75, 3.05) is 24.7 Å². The number of fused-ring (bicyclic) bond motifs is 1. The second-order valence-electron chi connectivity index (χ2n) is 11.6. The number of nitrogen functional groups attached to an aromatic ring is 1. The molecule has 0 spiro atoms. The van der Waals surface area contributed by atoms with Gasteiger partial charge in [-0.3, -0.25) is 4.79 Å². The molecule has 11 heteroatoms. The molecule has 0 aliphatic rings. The number of hydrogen-bond donors (Lipinski definition) is 3. The first kappa shape index (κ1) is 34.2. The van der Waals surface area contributed by atoms with E-state index in [1.54, 1.807) is 49.6 Å². The standard InChI is InChI=1S/C37H41N5O5S/c1-5-46-33-22-28(15-18-32(33)47-25(2)3)35(41-30-16-17-31-27(21-30)19-20-39-36(31)38)37(43)40-23-29-13-9-10-14-34(29)48(44,45)42(4)24-26-11-7-6-8-12-26/h6-22,25,35,41H,5,23-24H2,1-4H3,(H2,38,39)(H,40,43). The summed E-state index contributed by atoms with van der Waals surface area (Å²) in [6.07, 6.45) is 1.56. The van der Waals surface area contributed by atoms with Gasteiger partial charge in [-0.1, -0.05) is 54.6 Å². The fraction of sp³-hybridized carbons (Fsp3) is 0.243. The topological polar surface area (TPSA) is 136 Å². The summed E-state index contributed by atoms with van der Waals surface area (Å²) in [5, 5.41) is 8.00. The van der Waals surface area contributed by atoms with E-state index in [-0.39, 0.29) is 30.0 Å². The van der Waals surface area contributed by atoms with Gasteiger partial charge in [-0.25, -0.2) is 13.4 Å². The first-order chi connectivity index (χ1) is 23.1. The van der Waals surface area contributed by atoms with Crippen molar-refractivity contribution in [2.24, 2.45) is 0 Å². The molecule has 1 aromatic heterocycles. The van der Waals surface area contributed by atoms with Crippen LogP contribution in [0.5, 0.6) is 11.5 Å². The van der Waals surface area contributed by atoms with Crippen LogP contribution in [0.1, 0.15) is 43.5 Å². The fourth-order valence-electron chi connectivity index (χ4n) is 5.36. The number of nitrogens with zero attached hydrogens (tertiary/aromatic N) is 2. The highest BCUT2D eigenvalue weighted by Gasteiger charge is 2.26. The molecule has 1 unspecified atom stereocenters. The number of nitrogens with two attached hydrogens (primary N) is 1. The van der Waals surface area contributed by atoms with Gasteiger partial charge in [0.2, 0.25) is 15.9 Å². The van der Waals surface area contributed by atoms with Crippen LogP contribution in [0, 0.1) is 0 Å². The Bertz CT molecular complexity index is 1990. The van der Waals surface area contributed by atoms with Crippen molar-refractivity contribution in [3.63, 3.8) is 0 Å². The van der Waals surface area contributed by atoms with Crippen molar-refractivity contribution in [2.45, 2.75) is 50.9 Å². The lowest BCUT2D eigenvalue weighted by molar-refractivity contribution is -0.122. The monoisotopic (exact) mass is 667 g/mol. The molecule has 1 heterocycles. The average Bonchev–Trinajstić information content (AvgIpc) is 3.07. The van der Waals surface area contributed by atoms with E-state index in [0.29, 0.717) is 40.7 Å². The largest absolute Gasteiger partial charge is 0.490 e. The van der Waals surface area contributed by atoms with Crippen LogP contribution in [0.2, 0.25) is 0 Å². The quantitative estimate of drug-likeness (QED) is 0.126. The minimum atomic E-state index is -3.87. The molecule has 0 saturated carbocycles. The lowest BCUT2D eigenvalue weighted by Crippen LogP contribution is -2.34. The van der Waals surface area contributed by atoms with Crippen molar-refractivity contribution < 1.29 is 22.7 Å². The molecule has 0 saturated heterocycles. The predicted octanol–water partition coefficient (Wildman–Crippen LogP) is 6.29. The summed E-state index contributed by atoms with van der Waals surface area (Å²) in [7, 11) is -2.32.